The van der Waals surface area contributed by atoms with E-state index in [0.29, 0.717) is 26.1 Å². The number of hydrogen-bond donors (Lipinski definition) is 2. The molecule has 1 aliphatic rings. The Balaban J connectivity index is 2.16. The van der Waals surface area contributed by atoms with E-state index in [-0.39, 0.29) is 6.04 Å². The van der Waals surface area contributed by atoms with Crippen LogP contribution in [0.3, 0.4) is 0 Å². The third kappa shape index (κ3) is 2.20. The first kappa shape index (κ1) is 10.6. The highest BCUT2D eigenvalue weighted by molar-refractivity contribution is 5.21. The van der Waals surface area contributed by atoms with Gasteiger partial charge in [0.05, 0.1) is 11.6 Å². The predicted octanol–water partition coefficient (Wildman–Crippen LogP) is 1.23. The number of ether oxygens (including phenoxy) is 1. The lowest BCUT2D eigenvalue weighted by molar-refractivity contribution is -0.0790. The summed E-state index contributed by atoms with van der Waals surface area (Å²) in [6.45, 7) is 1.19. The van der Waals surface area contributed by atoms with E-state index in [1.54, 1.807) is 0 Å². The molecule has 1 saturated heterocycles. The van der Waals surface area contributed by atoms with Crippen LogP contribution >= 0.6 is 0 Å². The number of aliphatic hydroxyl groups is 1. The zero-order valence-corrected chi connectivity index (χ0v) is 8.73. The minimum Gasteiger partial charge on any atom is -0.388 e. The third-order valence-electron chi connectivity index (χ3n) is 3.10. The first-order valence-corrected chi connectivity index (χ1v) is 5.33. The third-order valence-corrected chi connectivity index (χ3v) is 3.10. The highest BCUT2D eigenvalue weighted by Crippen LogP contribution is 2.32. The summed E-state index contributed by atoms with van der Waals surface area (Å²) >= 11 is 0. The van der Waals surface area contributed by atoms with Crippen LogP contribution in [0.4, 0.5) is 0 Å². The van der Waals surface area contributed by atoms with Crippen molar-refractivity contribution in [3.05, 3.63) is 35.9 Å². The highest BCUT2D eigenvalue weighted by atomic mass is 16.5. The number of benzene rings is 1. The molecule has 0 saturated carbocycles. The SMILES string of the molecule is NC(c1ccccc1)C1(O)CCOCC1. The Labute approximate surface area is 89.9 Å². The number of nitrogens with two attached hydrogens (primary N) is 1. The van der Waals surface area contributed by atoms with E-state index < -0.39 is 5.60 Å². The van der Waals surface area contributed by atoms with Gasteiger partial charge in [-0.1, -0.05) is 30.3 Å². The van der Waals surface area contributed by atoms with E-state index in [1.165, 1.54) is 0 Å². The monoisotopic (exact) mass is 207 g/mol. The molecular weight excluding hydrogens is 190 g/mol. The van der Waals surface area contributed by atoms with E-state index in [9.17, 15) is 5.11 Å². The van der Waals surface area contributed by atoms with E-state index in [1.807, 2.05) is 30.3 Å². The number of rotatable bonds is 2. The molecule has 1 atom stereocenters. The molecule has 1 fully saturated rings. The summed E-state index contributed by atoms with van der Waals surface area (Å²) in [5, 5.41) is 10.4. The average molecular weight is 207 g/mol. The molecule has 0 aliphatic carbocycles. The maximum absolute atomic E-state index is 10.4. The van der Waals surface area contributed by atoms with Crippen molar-refractivity contribution in [1.82, 2.24) is 0 Å². The van der Waals surface area contributed by atoms with E-state index in [4.69, 9.17) is 10.5 Å². The molecule has 3 N–H and O–H groups in total. The minimum absolute atomic E-state index is 0.317. The summed E-state index contributed by atoms with van der Waals surface area (Å²) in [7, 11) is 0. The summed E-state index contributed by atoms with van der Waals surface area (Å²) in [5.74, 6) is 0. The fraction of sp³-hybridized carbons (Fsp3) is 0.500. The molecule has 82 valence electrons. The lowest BCUT2D eigenvalue weighted by Gasteiger charge is -2.37. The van der Waals surface area contributed by atoms with Crippen LogP contribution in [0.15, 0.2) is 30.3 Å². The largest absolute Gasteiger partial charge is 0.388 e. The van der Waals surface area contributed by atoms with Crippen molar-refractivity contribution in [3.8, 4) is 0 Å². The molecule has 3 heteroatoms. The summed E-state index contributed by atoms with van der Waals surface area (Å²) in [4.78, 5) is 0. The Bertz CT molecular complexity index is 307. The lowest BCUT2D eigenvalue weighted by Crippen LogP contribution is -2.45. The van der Waals surface area contributed by atoms with E-state index in [2.05, 4.69) is 0 Å². The first-order chi connectivity index (χ1) is 7.22. The van der Waals surface area contributed by atoms with Crippen LogP contribution in [0.1, 0.15) is 24.4 Å². The topological polar surface area (TPSA) is 55.5 Å². The van der Waals surface area contributed by atoms with Gasteiger partial charge in [-0.25, -0.2) is 0 Å². The molecule has 1 aromatic carbocycles. The zero-order chi connectivity index (χ0) is 10.7. The van der Waals surface area contributed by atoms with E-state index >= 15 is 0 Å². The molecule has 3 nitrogen and oxygen atoms in total. The van der Waals surface area contributed by atoms with Gasteiger partial charge in [0.25, 0.3) is 0 Å². The molecule has 1 heterocycles. The molecule has 0 radical (unpaired) electrons. The standard InChI is InChI=1S/C12H17NO2/c13-11(10-4-2-1-3-5-10)12(14)6-8-15-9-7-12/h1-5,11,14H,6-9,13H2. The van der Waals surface area contributed by atoms with Gasteiger partial charge in [-0.15, -0.1) is 0 Å². The lowest BCUT2D eigenvalue weighted by atomic mass is 9.83. The van der Waals surface area contributed by atoms with Gasteiger partial charge >= 0.3 is 0 Å². The first-order valence-electron chi connectivity index (χ1n) is 5.33. The van der Waals surface area contributed by atoms with Crippen molar-refractivity contribution < 1.29 is 9.84 Å². The molecule has 0 amide bonds. The summed E-state index contributed by atoms with van der Waals surface area (Å²) in [5.41, 5.74) is 6.28. The Kier molecular flexibility index (Phi) is 3.05. The predicted molar refractivity (Wildman–Crippen MR) is 58.4 cm³/mol. The summed E-state index contributed by atoms with van der Waals surface area (Å²) in [6, 6.07) is 9.43. The Morgan fingerprint density at radius 3 is 2.40 bits per heavy atom. The number of hydrogen-bond acceptors (Lipinski definition) is 3. The summed E-state index contributed by atoms with van der Waals surface area (Å²) in [6.07, 6.45) is 1.23. The molecule has 1 aromatic rings. The molecule has 1 aliphatic heterocycles. The van der Waals surface area contributed by atoms with Crippen molar-refractivity contribution in [2.75, 3.05) is 13.2 Å². The van der Waals surface area contributed by atoms with Crippen LogP contribution in [-0.2, 0) is 4.74 Å². The Morgan fingerprint density at radius 2 is 1.80 bits per heavy atom. The van der Waals surface area contributed by atoms with Crippen LogP contribution in [0.25, 0.3) is 0 Å². The quantitative estimate of drug-likeness (QED) is 0.767. The molecule has 0 bridgehead atoms. The van der Waals surface area contributed by atoms with Crippen LogP contribution in [-0.4, -0.2) is 23.9 Å². The molecule has 0 aromatic heterocycles. The molecular formula is C12H17NO2. The van der Waals surface area contributed by atoms with Crippen LogP contribution in [0.2, 0.25) is 0 Å². The van der Waals surface area contributed by atoms with Gasteiger partial charge in [0.1, 0.15) is 0 Å². The Morgan fingerprint density at radius 1 is 1.20 bits per heavy atom. The molecule has 2 rings (SSSR count). The molecule has 0 spiro atoms. The van der Waals surface area contributed by atoms with Crippen LogP contribution in [0.5, 0.6) is 0 Å². The van der Waals surface area contributed by atoms with Gasteiger partial charge in [-0.3, -0.25) is 0 Å². The normalized spacial score (nSPS) is 22.3. The van der Waals surface area contributed by atoms with Gasteiger partial charge < -0.3 is 15.6 Å². The second-order valence-electron chi connectivity index (χ2n) is 4.10. The maximum atomic E-state index is 10.4. The van der Waals surface area contributed by atoms with Crippen LogP contribution < -0.4 is 5.73 Å². The molecule has 1 unspecified atom stereocenters. The van der Waals surface area contributed by atoms with Crippen molar-refractivity contribution in [3.63, 3.8) is 0 Å². The van der Waals surface area contributed by atoms with Gasteiger partial charge in [-0.05, 0) is 5.56 Å². The van der Waals surface area contributed by atoms with Gasteiger partial charge in [-0.2, -0.15) is 0 Å². The smallest absolute Gasteiger partial charge is 0.0883 e. The highest BCUT2D eigenvalue weighted by Gasteiger charge is 2.36. The van der Waals surface area contributed by atoms with Crippen LogP contribution in [0, 0.1) is 0 Å². The minimum atomic E-state index is -0.806. The van der Waals surface area contributed by atoms with Gasteiger partial charge in [0.15, 0.2) is 0 Å². The second-order valence-corrected chi connectivity index (χ2v) is 4.10. The average Bonchev–Trinajstić information content (AvgIpc) is 2.30. The molecule has 15 heavy (non-hydrogen) atoms. The second kappa shape index (κ2) is 4.31. The van der Waals surface area contributed by atoms with Gasteiger partial charge in [0.2, 0.25) is 0 Å². The van der Waals surface area contributed by atoms with Gasteiger partial charge in [0, 0.05) is 26.1 Å². The fourth-order valence-electron chi connectivity index (χ4n) is 2.01. The summed E-state index contributed by atoms with van der Waals surface area (Å²) < 4.78 is 5.24. The maximum Gasteiger partial charge on any atom is 0.0883 e. The zero-order valence-electron chi connectivity index (χ0n) is 8.73. The van der Waals surface area contributed by atoms with Crippen molar-refractivity contribution in [1.29, 1.82) is 0 Å². The Hall–Kier alpha value is -0.900. The van der Waals surface area contributed by atoms with Crippen molar-refractivity contribution in [2.45, 2.75) is 24.5 Å². The van der Waals surface area contributed by atoms with E-state index in [0.717, 1.165) is 5.56 Å². The van der Waals surface area contributed by atoms with Crippen molar-refractivity contribution >= 4 is 0 Å². The van der Waals surface area contributed by atoms with Crippen molar-refractivity contribution in [2.24, 2.45) is 5.73 Å². The fourth-order valence-corrected chi connectivity index (χ4v) is 2.01.